The van der Waals surface area contributed by atoms with E-state index in [1.165, 1.54) is 7.11 Å². The first-order valence-electron chi connectivity index (χ1n) is 7.51. The van der Waals surface area contributed by atoms with Crippen LogP contribution in [0.5, 0.6) is 5.75 Å². The number of amides is 1. The molecule has 1 heterocycles. The summed E-state index contributed by atoms with van der Waals surface area (Å²) in [6.45, 7) is 0. The minimum absolute atomic E-state index is 0.0679. The van der Waals surface area contributed by atoms with Crippen LogP contribution in [0.15, 0.2) is 46.0 Å². The minimum Gasteiger partial charge on any atom is -0.496 e. The maximum absolute atomic E-state index is 12.1. The lowest BCUT2D eigenvalue weighted by molar-refractivity contribution is -0.113. The summed E-state index contributed by atoms with van der Waals surface area (Å²) >= 11 is 18.9. The number of methoxy groups -OCH3 is 1. The Bertz CT molecular complexity index is 961. The number of ether oxygens (including phenoxy) is 1. The number of carbonyl (C=O) groups excluding carboxylic acids is 1. The first-order valence-corrected chi connectivity index (χ1v) is 9.62. The smallest absolute Gasteiger partial charge is 0.277 e. The summed E-state index contributed by atoms with van der Waals surface area (Å²) in [4.78, 5) is 12.1. The number of hydrogen-bond donors (Lipinski definition) is 1. The Morgan fingerprint density at radius 2 is 1.85 bits per heavy atom. The normalized spacial score (nSPS) is 10.7. The average molecular weight is 445 g/mol. The summed E-state index contributed by atoms with van der Waals surface area (Å²) in [7, 11) is 1.53. The minimum atomic E-state index is -0.265. The van der Waals surface area contributed by atoms with E-state index in [9.17, 15) is 4.79 Å². The average Bonchev–Trinajstić information content (AvgIpc) is 3.08. The van der Waals surface area contributed by atoms with Gasteiger partial charge in [-0.15, -0.1) is 10.2 Å². The third-order valence-corrected chi connectivity index (χ3v) is 4.76. The number of anilines is 1. The monoisotopic (exact) mass is 443 g/mol. The zero-order chi connectivity index (χ0) is 19.4. The summed E-state index contributed by atoms with van der Waals surface area (Å²) in [5.74, 6) is 0.603. The third-order valence-electron chi connectivity index (χ3n) is 3.27. The fraction of sp³-hybridized carbons (Fsp3) is 0.118. The quantitative estimate of drug-likeness (QED) is 0.510. The van der Waals surface area contributed by atoms with Crippen LogP contribution in [-0.4, -0.2) is 29.0 Å². The van der Waals surface area contributed by atoms with Crippen LogP contribution in [0.1, 0.15) is 0 Å². The molecule has 1 amide bonds. The van der Waals surface area contributed by atoms with E-state index < -0.39 is 0 Å². The summed E-state index contributed by atoms with van der Waals surface area (Å²) in [5.41, 5.74) is 1.08. The van der Waals surface area contributed by atoms with Crippen LogP contribution in [0.3, 0.4) is 0 Å². The molecule has 0 radical (unpaired) electrons. The molecule has 0 bridgehead atoms. The maximum Gasteiger partial charge on any atom is 0.277 e. The number of nitrogens with one attached hydrogen (secondary N) is 1. The van der Waals surface area contributed by atoms with E-state index in [4.69, 9.17) is 44.0 Å². The van der Waals surface area contributed by atoms with Crippen LogP contribution in [0.2, 0.25) is 15.1 Å². The predicted octanol–water partition coefficient (Wildman–Crippen LogP) is 5.44. The molecule has 0 aliphatic heterocycles. The van der Waals surface area contributed by atoms with Crippen molar-refractivity contribution in [1.82, 2.24) is 10.2 Å². The lowest BCUT2D eigenvalue weighted by atomic mass is 10.2. The van der Waals surface area contributed by atoms with Crippen molar-refractivity contribution in [1.29, 1.82) is 0 Å². The molecule has 27 heavy (non-hydrogen) atoms. The molecule has 0 atom stereocenters. The van der Waals surface area contributed by atoms with Crippen molar-refractivity contribution < 1.29 is 13.9 Å². The number of nitrogens with zero attached hydrogens (tertiary/aromatic N) is 2. The van der Waals surface area contributed by atoms with E-state index >= 15 is 0 Å². The van der Waals surface area contributed by atoms with E-state index in [-0.39, 0.29) is 22.8 Å². The summed E-state index contributed by atoms with van der Waals surface area (Å²) < 4.78 is 10.9. The topological polar surface area (TPSA) is 77.2 Å². The Morgan fingerprint density at radius 1 is 1.11 bits per heavy atom. The zero-order valence-corrected chi connectivity index (χ0v) is 16.9. The highest BCUT2D eigenvalue weighted by molar-refractivity contribution is 7.99. The molecule has 6 nitrogen and oxygen atoms in total. The summed E-state index contributed by atoms with van der Waals surface area (Å²) in [6, 6.07) is 9.86. The number of aromatic nitrogens is 2. The fourth-order valence-corrected chi connectivity index (χ4v) is 3.44. The molecule has 0 spiro atoms. The van der Waals surface area contributed by atoms with Crippen molar-refractivity contribution in [2.24, 2.45) is 0 Å². The second-order valence-electron chi connectivity index (χ2n) is 5.21. The lowest BCUT2D eigenvalue weighted by Crippen LogP contribution is -2.13. The van der Waals surface area contributed by atoms with Crippen LogP contribution >= 0.6 is 46.6 Å². The molecule has 3 rings (SSSR count). The van der Waals surface area contributed by atoms with Crippen LogP contribution in [0.4, 0.5) is 5.69 Å². The van der Waals surface area contributed by atoms with Gasteiger partial charge in [0.15, 0.2) is 0 Å². The molecule has 0 saturated heterocycles. The van der Waals surface area contributed by atoms with Gasteiger partial charge in [0.05, 0.1) is 18.4 Å². The molecular weight excluding hydrogens is 433 g/mol. The Morgan fingerprint density at radius 3 is 2.56 bits per heavy atom. The van der Waals surface area contributed by atoms with Crippen molar-refractivity contribution in [3.63, 3.8) is 0 Å². The van der Waals surface area contributed by atoms with Crippen molar-refractivity contribution in [3.8, 4) is 17.2 Å². The van der Waals surface area contributed by atoms with E-state index in [1.807, 2.05) is 0 Å². The van der Waals surface area contributed by atoms with E-state index in [0.29, 0.717) is 32.1 Å². The van der Waals surface area contributed by atoms with Gasteiger partial charge in [-0.3, -0.25) is 4.79 Å². The molecule has 2 aromatic carbocycles. The molecule has 1 N–H and O–H groups in total. The van der Waals surface area contributed by atoms with Crippen molar-refractivity contribution >= 4 is 58.2 Å². The Labute approximate surface area is 174 Å². The number of thioether (sulfide) groups is 1. The van der Waals surface area contributed by atoms with E-state index in [0.717, 1.165) is 11.8 Å². The van der Waals surface area contributed by atoms with Gasteiger partial charge in [0, 0.05) is 20.8 Å². The molecule has 1 aromatic heterocycles. The highest BCUT2D eigenvalue weighted by Gasteiger charge is 2.15. The van der Waals surface area contributed by atoms with Crippen molar-refractivity contribution in [2.75, 3.05) is 18.2 Å². The second-order valence-corrected chi connectivity index (χ2v) is 7.45. The third kappa shape index (κ3) is 5.29. The largest absolute Gasteiger partial charge is 0.496 e. The van der Waals surface area contributed by atoms with Crippen molar-refractivity contribution in [3.05, 3.63) is 51.5 Å². The second kappa shape index (κ2) is 8.84. The number of rotatable bonds is 6. The standard InChI is InChI=1S/C17H12Cl3N3O3S/c1-25-14-3-2-9(18)7-13(14)16-22-23-17(26-16)27-8-15(24)21-12-5-10(19)4-11(20)6-12/h2-7H,8H2,1H3,(H,21,24). The SMILES string of the molecule is COc1ccc(Cl)cc1-c1nnc(SCC(=O)Nc2cc(Cl)cc(Cl)c2)o1. The van der Waals surface area contributed by atoms with E-state index in [1.54, 1.807) is 36.4 Å². The van der Waals surface area contributed by atoms with Gasteiger partial charge in [-0.2, -0.15) is 0 Å². The molecule has 0 saturated carbocycles. The van der Waals surface area contributed by atoms with Crippen LogP contribution in [-0.2, 0) is 4.79 Å². The first-order chi connectivity index (χ1) is 12.9. The number of carbonyl (C=O) groups is 1. The molecular formula is C17H12Cl3N3O3S. The number of benzene rings is 2. The Kier molecular flexibility index (Phi) is 6.49. The van der Waals surface area contributed by atoms with Gasteiger partial charge in [0.25, 0.3) is 11.1 Å². The van der Waals surface area contributed by atoms with Gasteiger partial charge in [0.1, 0.15) is 5.75 Å². The molecule has 0 fully saturated rings. The van der Waals surface area contributed by atoms with Crippen LogP contribution in [0, 0.1) is 0 Å². The number of halogens is 3. The van der Waals surface area contributed by atoms with Crippen LogP contribution < -0.4 is 10.1 Å². The number of hydrogen-bond acceptors (Lipinski definition) is 6. The van der Waals surface area contributed by atoms with Crippen LogP contribution in [0.25, 0.3) is 11.5 Å². The van der Waals surface area contributed by atoms with Gasteiger partial charge in [-0.05, 0) is 36.4 Å². The summed E-state index contributed by atoms with van der Waals surface area (Å²) in [5, 5.41) is 12.2. The van der Waals surface area contributed by atoms with Gasteiger partial charge in [0.2, 0.25) is 5.91 Å². The fourth-order valence-electron chi connectivity index (χ4n) is 2.17. The molecule has 10 heteroatoms. The molecule has 0 unspecified atom stereocenters. The van der Waals surface area contributed by atoms with Gasteiger partial charge in [-0.25, -0.2) is 0 Å². The van der Waals surface area contributed by atoms with Crippen molar-refractivity contribution in [2.45, 2.75) is 5.22 Å². The Hall–Kier alpha value is -1.93. The predicted molar refractivity (Wildman–Crippen MR) is 107 cm³/mol. The lowest BCUT2D eigenvalue weighted by Gasteiger charge is -2.05. The maximum atomic E-state index is 12.1. The van der Waals surface area contributed by atoms with E-state index in [2.05, 4.69) is 15.5 Å². The molecule has 3 aromatic rings. The molecule has 140 valence electrons. The van der Waals surface area contributed by atoms with Gasteiger partial charge >= 0.3 is 0 Å². The van der Waals surface area contributed by atoms with Gasteiger partial charge in [-0.1, -0.05) is 46.6 Å². The zero-order valence-electron chi connectivity index (χ0n) is 13.8. The molecule has 0 aliphatic rings. The highest BCUT2D eigenvalue weighted by Crippen LogP contribution is 2.33. The first kappa shape index (κ1) is 19.8. The summed E-state index contributed by atoms with van der Waals surface area (Å²) in [6.07, 6.45) is 0. The highest BCUT2D eigenvalue weighted by atomic mass is 35.5. The van der Waals surface area contributed by atoms with Gasteiger partial charge < -0.3 is 14.5 Å². The Balaban J connectivity index is 1.64. The molecule has 0 aliphatic carbocycles.